The number of hydrogen-bond donors (Lipinski definition) is 3. The van der Waals surface area contributed by atoms with Crippen molar-refractivity contribution in [3.63, 3.8) is 0 Å². The van der Waals surface area contributed by atoms with Gasteiger partial charge in [-0.3, -0.25) is 9.59 Å². The first-order chi connectivity index (χ1) is 16.7. The number of halogens is 1. The summed E-state index contributed by atoms with van der Waals surface area (Å²) in [6.45, 7) is 7.23. The van der Waals surface area contributed by atoms with Crippen LogP contribution >= 0.6 is 11.6 Å². The van der Waals surface area contributed by atoms with Crippen molar-refractivity contribution >= 4 is 35.1 Å². The summed E-state index contributed by atoms with van der Waals surface area (Å²) in [4.78, 5) is 37.3. The van der Waals surface area contributed by atoms with Crippen molar-refractivity contribution in [3.8, 4) is 0 Å². The number of carboxylic acids is 1. The van der Waals surface area contributed by atoms with Crippen LogP contribution in [0.5, 0.6) is 0 Å². The van der Waals surface area contributed by atoms with Gasteiger partial charge in [-0.25, -0.2) is 4.79 Å². The van der Waals surface area contributed by atoms with Crippen LogP contribution in [0, 0.1) is 0 Å². The monoisotopic (exact) mass is 496 g/mol. The molecule has 7 nitrogen and oxygen atoms in total. The van der Waals surface area contributed by atoms with Gasteiger partial charge in [0.2, 0.25) is 0 Å². The summed E-state index contributed by atoms with van der Waals surface area (Å²) < 4.78 is 5.19. The standard InChI is InChI=1S/C27H29ClN2O5/c1-5-9-20(23(7-3)35-4)25(31)30-22(27(33)34)16-17-12-14-19(15-13-17)29-26(32)24-18(6-2)10-8-11-21(24)28/h5,7-15,22H,1,6,16H2,2-4H3,(H,29,32)(H,30,31)(H,33,34)/b20-9+,23-7+. The highest BCUT2D eigenvalue weighted by Gasteiger charge is 2.24. The van der Waals surface area contributed by atoms with Gasteiger partial charge in [-0.1, -0.05) is 55.4 Å². The van der Waals surface area contributed by atoms with E-state index in [2.05, 4.69) is 17.2 Å². The Labute approximate surface area is 210 Å². The molecule has 0 fully saturated rings. The zero-order valence-electron chi connectivity index (χ0n) is 19.9. The van der Waals surface area contributed by atoms with Gasteiger partial charge in [0.15, 0.2) is 0 Å². The predicted molar refractivity (Wildman–Crippen MR) is 138 cm³/mol. The molecule has 0 aliphatic rings. The highest BCUT2D eigenvalue weighted by Crippen LogP contribution is 2.22. The Kier molecular flexibility index (Phi) is 10.3. The molecule has 184 valence electrons. The molecule has 35 heavy (non-hydrogen) atoms. The lowest BCUT2D eigenvalue weighted by atomic mass is 10.0. The second kappa shape index (κ2) is 13.2. The van der Waals surface area contributed by atoms with Gasteiger partial charge >= 0.3 is 5.97 Å². The number of hydrogen-bond acceptors (Lipinski definition) is 4. The summed E-state index contributed by atoms with van der Waals surface area (Å²) in [5.74, 6) is -1.80. The Morgan fingerprint density at radius 1 is 1.17 bits per heavy atom. The average Bonchev–Trinajstić information content (AvgIpc) is 2.84. The van der Waals surface area contributed by atoms with Gasteiger partial charge in [-0.15, -0.1) is 0 Å². The third kappa shape index (κ3) is 7.32. The van der Waals surface area contributed by atoms with E-state index in [4.69, 9.17) is 16.3 Å². The van der Waals surface area contributed by atoms with Crippen molar-refractivity contribution in [2.45, 2.75) is 32.7 Å². The van der Waals surface area contributed by atoms with Gasteiger partial charge in [0.05, 0.1) is 23.3 Å². The van der Waals surface area contributed by atoms with E-state index in [0.717, 1.165) is 5.56 Å². The molecule has 0 aliphatic carbocycles. The van der Waals surface area contributed by atoms with Crippen LogP contribution < -0.4 is 10.6 Å². The van der Waals surface area contributed by atoms with E-state index in [1.54, 1.807) is 49.4 Å². The Bertz CT molecular complexity index is 1150. The van der Waals surface area contributed by atoms with E-state index in [0.29, 0.717) is 34.0 Å². The van der Waals surface area contributed by atoms with Crippen molar-refractivity contribution in [2.24, 2.45) is 0 Å². The summed E-state index contributed by atoms with van der Waals surface area (Å²) in [5, 5.41) is 15.4. The molecule has 0 spiro atoms. The Balaban J connectivity index is 2.14. The number of benzene rings is 2. The second-order valence-corrected chi connectivity index (χ2v) is 7.93. The number of aliphatic carboxylic acids is 1. The molecule has 0 aromatic heterocycles. The molecular formula is C27H29ClN2O5. The Morgan fingerprint density at radius 2 is 1.86 bits per heavy atom. The lowest BCUT2D eigenvalue weighted by Gasteiger charge is -2.17. The Hall–Kier alpha value is -3.84. The quantitative estimate of drug-likeness (QED) is 0.232. The number of allylic oxidation sites excluding steroid dienone is 3. The van der Waals surface area contributed by atoms with Crippen LogP contribution in [-0.4, -0.2) is 36.0 Å². The molecule has 2 aromatic carbocycles. The van der Waals surface area contributed by atoms with E-state index in [9.17, 15) is 19.5 Å². The number of rotatable bonds is 11. The van der Waals surface area contributed by atoms with Crippen LogP contribution in [0.4, 0.5) is 5.69 Å². The van der Waals surface area contributed by atoms with Crippen LogP contribution in [0.1, 0.15) is 35.3 Å². The number of amides is 2. The topological polar surface area (TPSA) is 105 Å². The average molecular weight is 497 g/mol. The van der Waals surface area contributed by atoms with Gasteiger partial charge in [-0.05, 0) is 54.8 Å². The lowest BCUT2D eigenvalue weighted by molar-refractivity contribution is -0.141. The third-order valence-electron chi connectivity index (χ3n) is 5.24. The number of aryl methyl sites for hydroxylation is 1. The normalized spacial score (nSPS) is 12.5. The molecule has 8 heteroatoms. The van der Waals surface area contributed by atoms with Gasteiger partial charge in [0, 0.05) is 12.1 Å². The maximum absolute atomic E-state index is 12.8. The summed E-state index contributed by atoms with van der Waals surface area (Å²) >= 11 is 6.23. The number of carbonyl (C=O) groups excluding carboxylic acids is 2. The van der Waals surface area contributed by atoms with Gasteiger partial charge < -0.3 is 20.5 Å². The fourth-order valence-electron chi connectivity index (χ4n) is 3.48. The molecule has 0 heterocycles. The molecule has 1 atom stereocenters. The van der Waals surface area contributed by atoms with E-state index < -0.39 is 17.9 Å². The summed E-state index contributed by atoms with van der Waals surface area (Å²) in [7, 11) is 1.42. The number of carbonyl (C=O) groups is 3. The first-order valence-electron chi connectivity index (χ1n) is 11.0. The molecule has 2 rings (SSSR count). The zero-order valence-corrected chi connectivity index (χ0v) is 20.7. The Morgan fingerprint density at radius 3 is 2.40 bits per heavy atom. The molecule has 0 aliphatic heterocycles. The van der Waals surface area contributed by atoms with E-state index in [1.807, 2.05) is 13.0 Å². The second-order valence-electron chi connectivity index (χ2n) is 7.52. The van der Waals surface area contributed by atoms with Crippen molar-refractivity contribution in [1.82, 2.24) is 5.32 Å². The number of methoxy groups -OCH3 is 1. The maximum atomic E-state index is 12.8. The van der Waals surface area contributed by atoms with E-state index >= 15 is 0 Å². The zero-order chi connectivity index (χ0) is 26.0. The van der Waals surface area contributed by atoms with Crippen LogP contribution in [0.15, 0.2) is 78.6 Å². The highest BCUT2D eigenvalue weighted by molar-refractivity contribution is 6.34. The summed E-state index contributed by atoms with van der Waals surface area (Å²) in [5.41, 5.74) is 2.63. The molecular weight excluding hydrogens is 468 g/mol. The first kappa shape index (κ1) is 27.4. The number of anilines is 1. The van der Waals surface area contributed by atoms with E-state index in [1.165, 1.54) is 19.3 Å². The molecule has 2 aromatic rings. The fraction of sp³-hybridized carbons (Fsp3) is 0.222. The third-order valence-corrected chi connectivity index (χ3v) is 5.55. The molecule has 2 amide bonds. The largest absolute Gasteiger partial charge is 0.496 e. The highest BCUT2D eigenvalue weighted by atomic mass is 35.5. The number of ether oxygens (including phenoxy) is 1. The van der Waals surface area contributed by atoms with Gasteiger partial charge in [0.1, 0.15) is 11.8 Å². The maximum Gasteiger partial charge on any atom is 0.326 e. The lowest BCUT2D eigenvalue weighted by Crippen LogP contribution is -2.43. The van der Waals surface area contributed by atoms with Gasteiger partial charge in [-0.2, -0.15) is 0 Å². The first-order valence-corrected chi connectivity index (χ1v) is 11.4. The summed E-state index contributed by atoms with van der Waals surface area (Å²) in [6.07, 6.45) is 5.18. The molecule has 0 saturated carbocycles. The summed E-state index contributed by atoms with van der Waals surface area (Å²) in [6, 6.07) is 10.9. The van der Waals surface area contributed by atoms with Crippen molar-refractivity contribution in [3.05, 3.63) is 100 Å². The number of nitrogens with one attached hydrogen (secondary N) is 2. The smallest absolute Gasteiger partial charge is 0.326 e. The molecule has 3 N–H and O–H groups in total. The van der Waals surface area contributed by atoms with Crippen LogP contribution in [0.25, 0.3) is 0 Å². The van der Waals surface area contributed by atoms with Crippen molar-refractivity contribution in [2.75, 3.05) is 12.4 Å². The van der Waals surface area contributed by atoms with Gasteiger partial charge in [0.25, 0.3) is 11.8 Å². The van der Waals surface area contributed by atoms with Crippen LogP contribution in [0.2, 0.25) is 5.02 Å². The van der Waals surface area contributed by atoms with Crippen LogP contribution in [0.3, 0.4) is 0 Å². The van der Waals surface area contributed by atoms with Crippen LogP contribution in [-0.2, 0) is 27.2 Å². The van der Waals surface area contributed by atoms with Crippen molar-refractivity contribution in [1.29, 1.82) is 0 Å². The molecule has 1 unspecified atom stereocenters. The number of carboxylic acid groups (broad SMARTS) is 1. The van der Waals surface area contributed by atoms with E-state index in [-0.39, 0.29) is 17.9 Å². The minimum Gasteiger partial charge on any atom is -0.496 e. The SMILES string of the molecule is C=C/C=C(C(=O)NC(Cc1ccc(NC(=O)c2c(Cl)cccc2CC)cc1)C(=O)O)\C(=C/C)OC. The minimum atomic E-state index is -1.18. The fourth-order valence-corrected chi connectivity index (χ4v) is 3.76. The predicted octanol–water partition coefficient (Wildman–Crippen LogP) is 4.93. The molecule has 0 bridgehead atoms. The van der Waals surface area contributed by atoms with Crippen molar-refractivity contribution < 1.29 is 24.2 Å². The molecule has 0 radical (unpaired) electrons. The molecule has 0 saturated heterocycles. The minimum absolute atomic E-state index is 0.0410.